The van der Waals surface area contributed by atoms with E-state index in [1.807, 2.05) is 30.3 Å². The van der Waals surface area contributed by atoms with Crippen molar-refractivity contribution in [2.75, 3.05) is 10.7 Å². The van der Waals surface area contributed by atoms with E-state index < -0.39 is 17.5 Å². The topological polar surface area (TPSA) is 66.4 Å². The van der Waals surface area contributed by atoms with E-state index in [1.165, 1.54) is 42.6 Å². The highest BCUT2D eigenvalue weighted by Crippen LogP contribution is 2.36. The number of hydrogen-bond donors (Lipinski definition) is 2. The van der Waals surface area contributed by atoms with Gasteiger partial charge >= 0.3 is 0 Å². The number of halogens is 3. The van der Waals surface area contributed by atoms with Crippen molar-refractivity contribution < 1.29 is 13.6 Å². The summed E-state index contributed by atoms with van der Waals surface area (Å²) in [5.74, 6) is -1.33. The Bertz CT molecular complexity index is 1260. The first-order chi connectivity index (χ1) is 15.5. The van der Waals surface area contributed by atoms with Crippen molar-refractivity contribution in [3.8, 4) is 11.3 Å². The van der Waals surface area contributed by atoms with E-state index in [2.05, 4.69) is 20.8 Å². The standard InChI is InChI=1S/C23H15ClF2N4OS/c24-18-7-4-8-19(26)17(18)13-27-30-23-28-20(14-5-2-1-3-6-14)22(32-23)29-21(31)15-9-11-16(25)12-10-15/h1-13H,(H,28,30)(H,29,31)/b27-13-. The Balaban J connectivity index is 1.60. The molecule has 160 valence electrons. The van der Waals surface area contributed by atoms with E-state index in [0.29, 0.717) is 21.4 Å². The second kappa shape index (κ2) is 9.67. The van der Waals surface area contributed by atoms with Crippen LogP contribution in [-0.2, 0) is 0 Å². The van der Waals surface area contributed by atoms with Crippen molar-refractivity contribution >= 4 is 45.2 Å². The first-order valence-electron chi connectivity index (χ1n) is 9.37. The lowest BCUT2D eigenvalue weighted by atomic mass is 10.1. The summed E-state index contributed by atoms with van der Waals surface area (Å²) in [5.41, 5.74) is 4.52. The molecule has 0 bridgehead atoms. The van der Waals surface area contributed by atoms with Gasteiger partial charge in [0.2, 0.25) is 5.13 Å². The van der Waals surface area contributed by atoms with Crippen LogP contribution in [0.25, 0.3) is 11.3 Å². The first-order valence-corrected chi connectivity index (χ1v) is 10.6. The first kappa shape index (κ1) is 21.6. The Kier molecular flexibility index (Phi) is 6.53. The van der Waals surface area contributed by atoms with Crippen LogP contribution in [0.5, 0.6) is 0 Å². The third-order valence-electron chi connectivity index (χ3n) is 4.36. The van der Waals surface area contributed by atoms with Crippen LogP contribution in [0.4, 0.5) is 18.9 Å². The molecule has 0 spiro atoms. The summed E-state index contributed by atoms with van der Waals surface area (Å²) in [5, 5.41) is 7.92. The lowest BCUT2D eigenvalue weighted by Gasteiger charge is -2.05. The van der Waals surface area contributed by atoms with Gasteiger partial charge in [0.15, 0.2) is 0 Å². The fraction of sp³-hybridized carbons (Fsp3) is 0. The summed E-state index contributed by atoms with van der Waals surface area (Å²) in [4.78, 5) is 17.1. The van der Waals surface area contributed by atoms with E-state index >= 15 is 0 Å². The van der Waals surface area contributed by atoms with Gasteiger partial charge in [0.05, 0.1) is 11.2 Å². The average molecular weight is 469 g/mol. The molecule has 0 radical (unpaired) electrons. The molecule has 1 heterocycles. The van der Waals surface area contributed by atoms with Crippen LogP contribution < -0.4 is 10.7 Å². The second-order valence-electron chi connectivity index (χ2n) is 6.53. The van der Waals surface area contributed by atoms with Crippen molar-refractivity contribution in [3.05, 3.63) is 101 Å². The van der Waals surface area contributed by atoms with Crippen LogP contribution in [0, 0.1) is 11.6 Å². The van der Waals surface area contributed by atoms with Gasteiger partial charge in [-0.25, -0.2) is 13.8 Å². The highest BCUT2D eigenvalue weighted by molar-refractivity contribution is 7.20. The van der Waals surface area contributed by atoms with Crippen LogP contribution in [0.2, 0.25) is 5.02 Å². The quantitative estimate of drug-likeness (QED) is 0.253. The number of carbonyl (C=O) groups excluding carboxylic acids is 1. The Morgan fingerprint density at radius 1 is 1.00 bits per heavy atom. The van der Waals surface area contributed by atoms with Crippen molar-refractivity contribution in [2.45, 2.75) is 0 Å². The van der Waals surface area contributed by atoms with E-state index in [9.17, 15) is 13.6 Å². The molecule has 32 heavy (non-hydrogen) atoms. The highest BCUT2D eigenvalue weighted by Gasteiger charge is 2.16. The minimum absolute atomic E-state index is 0.145. The number of anilines is 2. The Morgan fingerprint density at radius 3 is 2.47 bits per heavy atom. The molecule has 9 heteroatoms. The number of aromatic nitrogens is 1. The third kappa shape index (κ3) is 4.99. The van der Waals surface area contributed by atoms with Gasteiger partial charge in [-0.2, -0.15) is 5.10 Å². The summed E-state index contributed by atoms with van der Waals surface area (Å²) in [6, 6.07) is 18.9. The molecule has 0 aliphatic rings. The van der Waals surface area contributed by atoms with Crippen molar-refractivity contribution in [1.82, 2.24) is 4.98 Å². The van der Waals surface area contributed by atoms with Gasteiger partial charge in [0.25, 0.3) is 5.91 Å². The van der Waals surface area contributed by atoms with Gasteiger partial charge in [-0.1, -0.05) is 59.3 Å². The summed E-state index contributed by atoms with van der Waals surface area (Å²) in [6.45, 7) is 0. The van der Waals surface area contributed by atoms with Crippen molar-refractivity contribution in [3.63, 3.8) is 0 Å². The fourth-order valence-electron chi connectivity index (χ4n) is 2.81. The molecular weight excluding hydrogens is 454 g/mol. The van der Waals surface area contributed by atoms with Crippen LogP contribution in [0.3, 0.4) is 0 Å². The molecule has 4 rings (SSSR count). The minimum atomic E-state index is -0.501. The van der Waals surface area contributed by atoms with Crippen molar-refractivity contribution in [1.29, 1.82) is 0 Å². The molecular formula is C23H15ClF2N4OS. The van der Waals surface area contributed by atoms with E-state index in [4.69, 9.17) is 11.6 Å². The predicted octanol–water partition coefficient (Wildman–Crippen LogP) is 6.44. The lowest BCUT2D eigenvalue weighted by Crippen LogP contribution is -2.11. The maximum Gasteiger partial charge on any atom is 0.256 e. The molecule has 0 fully saturated rings. The Hall–Kier alpha value is -3.62. The SMILES string of the molecule is O=C(Nc1sc(N/N=C\c2c(F)cccc2Cl)nc1-c1ccccc1)c1ccc(F)cc1. The van der Waals surface area contributed by atoms with Crippen LogP contribution >= 0.6 is 22.9 Å². The van der Waals surface area contributed by atoms with E-state index in [0.717, 1.165) is 16.9 Å². The molecule has 3 aromatic carbocycles. The van der Waals surface area contributed by atoms with Gasteiger partial charge in [-0.3, -0.25) is 10.2 Å². The van der Waals surface area contributed by atoms with Crippen LogP contribution in [0.15, 0.2) is 77.9 Å². The molecule has 0 atom stereocenters. The number of nitrogens with zero attached hydrogens (tertiary/aromatic N) is 2. The lowest BCUT2D eigenvalue weighted by molar-refractivity contribution is 0.102. The molecule has 0 saturated carbocycles. The summed E-state index contributed by atoms with van der Waals surface area (Å²) in [6.07, 6.45) is 1.26. The Labute approximate surface area is 191 Å². The van der Waals surface area contributed by atoms with E-state index in [1.54, 1.807) is 6.07 Å². The number of hydrogen-bond acceptors (Lipinski definition) is 5. The van der Waals surface area contributed by atoms with Gasteiger partial charge < -0.3 is 5.32 Å². The van der Waals surface area contributed by atoms with Gasteiger partial charge in [0, 0.05) is 16.7 Å². The molecule has 2 N–H and O–H groups in total. The monoisotopic (exact) mass is 468 g/mol. The number of carbonyl (C=O) groups is 1. The fourth-order valence-corrected chi connectivity index (χ4v) is 3.85. The highest BCUT2D eigenvalue weighted by atomic mass is 35.5. The maximum atomic E-state index is 13.9. The van der Waals surface area contributed by atoms with Crippen molar-refractivity contribution in [2.24, 2.45) is 5.10 Å². The molecule has 1 amide bonds. The largest absolute Gasteiger partial charge is 0.312 e. The van der Waals surface area contributed by atoms with Gasteiger partial charge in [0.1, 0.15) is 22.3 Å². The summed E-state index contributed by atoms with van der Waals surface area (Å²) in [7, 11) is 0. The number of nitrogens with one attached hydrogen (secondary N) is 2. The molecule has 0 aliphatic carbocycles. The number of rotatable bonds is 6. The molecule has 4 aromatic rings. The molecule has 0 unspecified atom stereocenters. The predicted molar refractivity (Wildman–Crippen MR) is 125 cm³/mol. The van der Waals surface area contributed by atoms with Crippen LogP contribution in [-0.4, -0.2) is 17.1 Å². The number of amides is 1. The molecule has 0 aliphatic heterocycles. The molecule has 0 saturated heterocycles. The molecule has 1 aromatic heterocycles. The van der Waals surface area contributed by atoms with E-state index in [-0.39, 0.29) is 10.6 Å². The number of hydrazone groups is 1. The summed E-state index contributed by atoms with van der Waals surface area (Å²) < 4.78 is 27.1. The molecule has 5 nitrogen and oxygen atoms in total. The maximum absolute atomic E-state index is 13.9. The number of benzene rings is 3. The normalized spacial score (nSPS) is 11.0. The minimum Gasteiger partial charge on any atom is -0.312 e. The smallest absolute Gasteiger partial charge is 0.256 e. The van der Waals surface area contributed by atoms with Gasteiger partial charge in [-0.05, 0) is 36.4 Å². The third-order valence-corrected chi connectivity index (χ3v) is 5.57. The van der Waals surface area contributed by atoms with Crippen LogP contribution in [0.1, 0.15) is 15.9 Å². The second-order valence-corrected chi connectivity index (χ2v) is 7.94. The zero-order valence-corrected chi connectivity index (χ0v) is 17.9. The zero-order valence-electron chi connectivity index (χ0n) is 16.4. The number of thiazole rings is 1. The summed E-state index contributed by atoms with van der Waals surface area (Å²) >= 11 is 7.16. The van der Waals surface area contributed by atoms with Gasteiger partial charge in [-0.15, -0.1) is 0 Å². The average Bonchev–Trinajstić information content (AvgIpc) is 3.19. The zero-order chi connectivity index (χ0) is 22.5. The Morgan fingerprint density at radius 2 is 1.75 bits per heavy atom.